The molecule has 0 aliphatic carbocycles. The van der Waals surface area contributed by atoms with Crippen LogP contribution in [0, 0.1) is 18.7 Å². The predicted molar refractivity (Wildman–Crippen MR) is 96.5 cm³/mol. The molecule has 1 saturated heterocycles. The maximum absolute atomic E-state index is 13.2. The van der Waals surface area contributed by atoms with E-state index in [-0.39, 0.29) is 11.5 Å². The van der Waals surface area contributed by atoms with Crippen molar-refractivity contribution >= 4 is 28.2 Å². The Morgan fingerprint density at radius 1 is 1.40 bits per heavy atom. The molecule has 3 N–H and O–H groups in total. The van der Waals surface area contributed by atoms with Crippen molar-refractivity contribution in [3.63, 3.8) is 0 Å². The van der Waals surface area contributed by atoms with Gasteiger partial charge in [0.05, 0.1) is 9.88 Å². The molecule has 5 nitrogen and oxygen atoms in total. The van der Waals surface area contributed by atoms with Crippen LogP contribution in [0.4, 0.5) is 9.39 Å². The third kappa shape index (κ3) is 3.88. The van der Waals surface area contributed by atoms with E-state index < -0.39 is 11.7 Å². The molecule has 2 amide bonds. The smallest absolute Gasteiger partial charge is 0.264 e. The average molecular weight is 361 g/mol. The van der Waals surface area contributed by atoms with E-state index in [1.165, 1.54) is 29.5 Å². The van der Waals surface area contributed by atoms with Gasteiger partial charge in [-0.15, -0.1) is 11.3 Å². The van der Waals surface area contributed by atoms with Gasteiger partial charge in [0.2, 0.25) is 0 Å². The molecule has 1 atom stereocenters. The minimum Gasteiger partial charge on any atom is -0.338 e. The van der Waals surface area contributed by atoms with Crippen LogP contribution in [0.3, 0.4) is 0 Å². The van der Waals surface area contributed by atoms with Crippen molar-refractivity contribution in [1.82, 2.24) is 4.90 Å². The molecule has 0 radical (unpaired) electrons. The van der Waals surface area contributed by atoms with Crippen LogP contribution in [0.15, 0.2) is 30.3 Å². The second-order valence-corrected chi connectivity index (χ2v) is 7.28. The molecule has 1 aliphatic rings. The first kappa shape index (κ1) is 17.6. The number of rotatable bonds is 4. The fraction of sp³-hybridized carbons (Fsp3) is 0.333. The van der Waals surface area contributed by atoms with Crippen molar-refractivity contribution in [3.05, 3.63) is 52.2 Å². The van der Waals surface area contributed by atoms with Crippen molar-refractivity contribution in [2.24, 2.45) is 11.7 Å². The quantitative estimate of drug-likeness (QED) is 0.879. The second kappa shape index (κ2) is 7.33. The van der Waals surface area contributed by atoms with Crippen LogP contribution in [0.1, 0.15) is 32.0 Å². The number of anilines is 1. The van der Waals surface area contributed by atoms with Gasteiger partial charge in [-0.3, -0.25) is 9.59 Å². The minimum absolute atomic E-state index is 0.0234. The fourth-order valence-electron chi connectivity index (χ4n) is 2.92. The Bertz CT molecular complexity index is 805. The van der Waals surface area contributed by atoms with Crippen LogP contribution in [0.2, 0.25) is 0 Å². The van der Waals surface area contributed by atoms with Crippen molar-refractivity contribution in [2.75, 3.05) is 25.0 Å². The molecule has 0 saturated carbocycles. The first-order chi connectivity index (χ1) is 12.0. The summed E-state index contributed by atoms with van der Waals surface area (Å²) in [6, 6.07) is 7.26. The highest BCUT2D eigenvalue weighted by atomic mass is 32.1. The SMILES string of the molecule is Cc1cc(NC(=O)c2cccc(F)c2)sc1C(=O)N1CCC(CN)C1. The molecule has 25 heavy (non-hydrogen) atoms. The van der Waals surface area contributed by atoms with Crippen LogP contribution in [-0.2, 0) is 0 Å². The van der Waals surface area contributed by atoms with Crippen molar-refractivity contribution in [1.29, 1.82) is 0 Å². The van der Waals surface area contributed by atoms with Gasteiger partial charge in [0.1, 0.15) is 5.82 Å². The zero-order valence-corrected chi connectivity index (χ0v) is 14.7. The summed E-state index contributed by atoms with van der Waals surface area (Å²) in [6.45, 7) is 3.82. The van der Waals surface area contributed by atoms with Crippen molar-refractivity contribution in [3.8, 4) is 0 Å². The van der Waals surface area contributed by atoms with Crippen molar-refractivity contribution in [2.45, 2.75) is 13.3 Å². The van der Waals surface area contributed by atoms with E-state index in [9.17, 15) is 14.0 Å². The highest BCUT2D eigenvalue weighted by Gasteiger charge is 2.28. The number of carbonyl (C=O) groups excluding carboxylic acids is 2. The fourth-order valence-corrected chi connectivity index (χ4v) is 3.96. The van der Waals surface area contributed by atoms with Gasteiger partial charge in [0.15, 0.2) is 0 Å². The lowest BCUT2D eigenvalue weighted by atomic mass is 10.1. The van der Waals surface area contributed by atoms with E-state index in [1.807, 2.05) is 11.8 Å². The summed E-state index contributed by atoms with van der Waals surface area (Å²) in [6.07, 6.45) is 0.926. The minimum atomic E-state index is -0.464. The topological polar surface area (TPSA) is 75.4 Å². The second-order valence-electron chi connectivity index (χ2n) is 6.23. The Hall–Kier alpha value is -2.25. The number of benzene rings is 1. The number of thiophene rings is 1. The summed E-state index contributed by atoms with van der Waals surface area (Å²) < 4.78 is 13.2. The Kier molecular flexibility index (Phi) is 5.15. The van der Waals surface area contributed by atoms with Crippen LogP contribution in [0.5, 0.6) is 0 Å². The normalized spacial score (nSPS) is 16.9. The van der Waals surface area contributed by atoms with Gasteiger partial charge in [-0.05, 0) is 55.6 Å². The number of nitrogens with zero attached hydrogens (tertiary/aromatic N) is 1. The van der Waals surface area contributed by atoms with Crippen LogP contribution in [-0.4, -0.2) is 36.3 Å². The van der Waals surface area contributed by atoms with E-state index in [0.29, 0.717) is 35.4 Å². The predicted octanol–water partition coefficient (Wildman–Crippen LogP) is 2.87. The van der Waals surface area contributed by atoms with E-state index in [1.54, 1.807) is 12.1 Å². The molecular weight excluding hydrogens is 341 g/mol. The molecule has 1 aliphatic heterocycles. The lowest BCUT2D eigenvalue weighted by Crippen LogP contribution is -2.29. The summed E-state index contributed by atoms with van der Waals surface area (Å²) in [5.74, 6) is -0.528. The first-order valence-corrected chi connectivity index (χ1v) is 8.96. The number of amides is 2. The third-order valence-electron chi connectivity index (χ3n) is 4.34. The van der Waals surface area contributed by atoms with Gasteiger partial charge < -0.3 is 16.0 Å². The zero-order valence-electron chi connectivity index (χ0n) is 13.9. The molecule has 1 unspecified atom stereocenters. The standard InChI is InChI=1S/C18H20FN3O2S/c1-11-7-15(21-17(23)13-3-2-4-14(19)8-13)25-16(11)18(24)22-6-5-12(9-20)10-22/h2-4,7-8,12H,5-6,9-10,20H2,1H3,(H,21,23). The lowest BCUT2D eigenvalue weighted by molar-refractivity contribution is 0.0791. The molecule has 132 valence electrons. The molecule has 0 spiro atoms. The number of aryl methyl sites for hydroxylation is 1. The number of halogens is 1. The number of hydrogen-bond donors (Lipinski definition) is 2. The van der Waals surface area contributed by atoms with E-state index in [2.05, 4.69) is 5.32 Å². The first-order valence-electron chi connectivity index (χ1n) is 8.14. The Balaban J connectivity index is 1.72. The average Bonchev–Trinajstić information content (AvgIpc) is 3.21. The molecule has 1 aromatic carbocycles. The molecule has 0 bridgehead atoms. The van der Waals surface area contributed by atoms with Gasteiger partial charge in [-0.25, -0.2) is 4.39 Å². The van der Waals surface area contributed by atoms with Gasteiger partial charge in [0.25, 0.3) is 11.8 Å². The van der Waals surface area contributed by atoms with Crippen LogP contribution in [0.25, 0.3) is 0 Å². The number of nitrogens with two attached hydrogens (primary N) is 1. The van der Waals surface area contributed by atoms with Crippen LogP contribution < -0.4 is 11.1 Å². The molecular formula is C18H20FN3O2S. The largest absolute Gasteiger partial charge is 0.338 e. The molecule has 3 rings (SSSR count). The molecule has 2 aromatic rings. The number of likely N-dealkylation sites (tertiary alicyclic amines) is 1. The summed E-state index contributed by atoms with van der Waals surface area (Å²) in [5.41, 5.74) is 6.74. The van der Waals surface area contributed by atoms with Gasteiger partial charge in [-0.1, -0.05) is 6.07 Å². The summed E-state index contributed by atoms with van der Waals surface area (Å²) >= 11 is 1.24. The van der Waals surface area contributed by atoms with Gasteiger partial charge >= 0.3 is 0 Å². The summed E-state index contributed by atoms with van der Waals surface area (Å²) in [7, 11) is 0. The zero-order chi connectivity index (χ0) is 18.0. The van der Waals surface area contributed by atoms with E-state index in [4.69, 9.17) is 5.73 Å². The maximum Gasteiger partial charge on any atom is 0.264 e. The Labute approximate surface area is 149 Å². The lowest BCUT2D eigenvalue weighted by Gasteiger charge is -2.15. The van der Waals surface area contributed by atoms with E-state index >= 15 is 0 Å². The Morgan fingerprint density at radius 3 is 2.88 bits per heavy atom. The molecule has 1 aromatic heterocycles. The number of nitrogens with one attached hydrogen (secondary N) is 1. The Morgan fingerprint density at radius 2 is 2.20 bits per heavy atom. The third-order valence-corrected chi connectivity index (χ3v) is 5.48. The van der Waals surface area contributed by atoms with Crippen molar-refractivity contribution < 1.29 is 14.0 Å². The summed E-state index contributed by atoms with van der Waals surface area (Å²) in [4.78, 5) is 27.3. The highest BCUT2D eigenvalue weighted by molar-refractivity contribution is 7.18. The van der Waals surface area contributed by atoms with E-state index in [0.717, 1.165) is 12.0 Å². The highest BCUT2D eigenvalue weighted by Crippen LogP contribution is 2.30. The van der Waals surface area contributed by atoms with Gasteiger partial charge in [0, 0.05) is 18.7 Å². The molecule has 2 heterocycles. The van der Waals surface area contributed by atoms with Gasteiger partial charge in [-0.2, -0.15) is 0 Å². The van der Waals surface area contributed by atoms with Crippen LogP contribution >= 0.6 is 11.3 Å². The number of carbonyl (C=O) groups is 2. The summed E-state index contributed by atoms with van der Waals surface area (Å²) in [5, 5.41) is 3.31. The monoisotopic (exact) mass is 361 g/mol. The number of hydrogen-bond acceptors (Lipinski definition) is 4. The molecule has 7 heteroatoms. The maximum atomic E-state index is 13.2. The molecule has 1 fully saturated rings.